The van der Waals surface area contributed by atoms with Gasteiger partial charge in [0.15, 0.2) is 0 Å². The summed E-state index contributed by atoms with van der Waals surface area (Å²) in [5.74, 6) is 0.524. The van der Waals surface area contributed by atoms with Crippen molar-refractivity contribution in [3.63, 3.8) is 0 Å². The van der Waals surface area contributed by atoms with Crippen LogP contribution in [0, 0.1) is 0 Å². The smallest absolute Gasteiger partial charge is 0.320 e. The zero-order chi connectivity index (χ0) is 14.8. The Morgan fingerprint density at radius 2 is 2.05 bits per heavy atom. The Morgan fingerprint density at radius 3 is 2.71 bits per heavy atom. The Labute approximate surface area is 127 Å². The fourth-order valence-electron chi connectivity index (χ4n) is 3.45. The highest BCUT2D eigenvalue weighted by Gasteiger charge is 2.33. The molecule has 21 heavy (non-hydrogen) atoms. The molecule has 0 aliphatic carbocycles. The van der Waals surface area contributed by atoms with E-state index in [1.165, 1.54) is 18.4 Å². The van der Waals surface area contributed by atoms with Crippen molar-refractivity contribution in [1.82, 2.24) is 10.2 Å². The first-order valence-corrected chi connectivity index (χ1v) is 8.06. The minimum absolute atomic E-state index is 0.154. The van der Waals surface area contributed by atoms with Crippen molar-refractivity contribution in [3.05, 3.63) is 29.8 Å². The SMILES string of the molecule is CC(C)N1CCN(c2ccccc2C2CCCNC2)C1=O. The summed E-state index contributed by atoms with van der Waals surface area (Å²) in [4.78, 5) is 16.5. The molecule has 2 amide bonds. The Bertz CT molecular complexity index is 509. The number of urea groups is 1. The monoisotopic (exact) mass is 287 g/mol. The molecule has 0 aromatic heterocycles. The highest BCUT2D eigenvalue weighted by molar-refractivity contribution is 5.95. The Balaban J connectivity index is 1.87. The third kappa shape index (κ3) is 2.77. The van der Waals surface area contributed by atoms with Gasteiger partial charge in [0.1, 0.15) is 0 Å². The normalized spacial score (nSPS) is 23.2. The minimum Gasteiger partial charge on any atom is -0.320 e. The van der Waals surface area contributed by atoms with E-state index in [9.17, 15) is 4.79 Å². The van der Waals surface area contributed by atoms with Crippen molar-refractivity contribution >= 4 is 11.7 Å². The zero-order valence-corrected chi connectivity index (χ0v) is 13.0. The summed E-state index contributed by atoms with van der Waals surface area (Å²) < 4.78 is 0. The Kier molecular flexibility index (Phi) is 4.15. The molecule has 0 radical (unpaired) electrons. The Hall–Kier alpha value is -1.55. The molecule has 114 valence electrons. The number of anilines is 1. The lowest BCUT2D eigenvalue weighted by atomic mass is 9.90. The van der Waals surface area contributed by atoms with Gasteiger partial charge in [-0.2, -0.15) is 0 Å². The molecule has 2 saturated heterocycles. The van der Waals surface area contributed by atoms with Gasteiger partial charge in [0.25, 0.3) is 0 Å². The van der Waals surface area contributed by atoms with Crippen molar-refractivity contribution in [1.29, 1.82) is 0 Å². The molecule has 0 bridgehead atoms. The summed E-state index contributed by atoms with van der Waals surface area (Å²) in [5, 5.41) is 3.48. The molecule has 0 spiro atoms. The number of hydrogen-bond donors (Lipinski definition) is 1. The van der Waals surface area contributed by atoms with E-state index in [2.05, 4.69) is 37.4 Å². The fraction of sp³-hybridized carbons (Fsp3) is 0.588. The van der Waals surface area contributed by atoms with Crippen LogP contribution in [0.25, 0.3) is 0 Å². The van der Waals surface area contributed by atoms with E-state index < -0.39 is 0 Å². The maximum absolute atomic E-state index is 12.6. The maximum atomic E-state index is 12.6. The van der Waals surface area contributed by atoms with Crippen LogP contribution in [-0.4, -0.2) is 43.2 Å². The van der Waals surface area contributed by atoms with Gasteiger partial charge in [-0.1, -0.05) is 18.2 Å². The van der Waals surface area contributed by atoms with E-state index in [1.54, 1.807) is 0 Å². The van der Waals surface area contributed by atoms with E-state index in [0.717, 1.165) is 31.9 Å². The number of amides is 2. The first kappa shape index (κ1) is 14.4. The standard InChI is InChI=1S/C17H25N3O/c1-13(2)19-10-11-20(17(19)21)16-8-4-3-7-15(16)14-6-5-9-18-12-14/h3-4,7-8,13-14,18H,5-6,9-12H2,1-2H3. The summed E-state index contributed by atoms with van der Waals surface area (Å²) in [6.45, 7) is 7.92. The molecule has 2 fully saturated rings. The largest absolute Gasteiger partial charge is 0.324 e. The molecule has 2 aliphatic heterocycles. The molecule has 4 heteroatoms. The molecule has 1 N–H and O–H groups in total. The maximum Gasteiger partial charge on any atom is 0.324 e. The number of benzene rings is 1. The lowest BCUT2D eigenvalue weighted by molar-refractivity contribution is 0.209. The van der Waals surface area contributed by atoms with Crippen molar-refractivity contribution in [2.24, 2.45) is 0 Å². The summed E-state index contributed by atoms with van der Waals surface area (Å²) in [5.41, 5.74) is 2.43. The molecule has 3 rings (SSSR count). The van der Waals surface area contributed by atoms with Crippen molar-refractivity contribution < 1.29 is 4.79 Å². The Morgan fingerprint density at radius 1 is 1.24 bits per heavy atom. The predicted octanol–water partition coefficient (Wildman–Crippen LogP) is 2.80. The van der Waals surface area contributed by atoms with Gasteiger partial charge in [-0.05, 0) is 50.8 Å². The molecule has 4 nitrogen and oxygen atoms in total. The van der Waals surface area contributed by atoms with Gasteiger partial charge in [-0.15, -0.1) is 0 Å². The van der Waals surface area contributed by atoms with Gasteiger partial charge in [-0.25, -0.2) is 4.79 Å². The lowest BCUT2D eigenvalue weighted by Crippen LogP contribution is -2.37. The van der Waals surface area contributed by atoms with Gasteiger partial charge < -0.3 is 10.2 Å². The second kappa shape index (κ2) is 6.06. The van der Waals surface area contributed by atoms with E-state index >= 15 is 0 Å². The summed E-state index contributed by atoms with van der Waals surface area (Å²) >= 11 is 0. The summed E-state index contributed by atoms with van der Waals surface area (Å²) in [6, 6.07) is 8.85. The zero-order valence-electron chi connectivity index (χ0n) is 13.0. The van der Waals surface area contributed by atoms with Crippen LogP contribution in [0.4, 0.5) is 10.5 Å². The van der Waals surface area contributed by atoms with Gasteiger partial charge in [0.05, 0.1) is 0 Å². The molecule has 1 aromatic carbocycles. The average molecular weight is 287 g/mol. The fourth-order valence-corrected chi connectivity index (χ4v) is 3.45. The van der Waals surface area contributed by atoms with Crippen LogP contribution in [0.5, 0.6) is 0 Å². The average Bonchev–Trinajstić information content (AvgIpc) is 2.90. The summed E-state index contributed by atoms with van der Waals surface area (Å²) in [6.07, 6.45) is 2.42. The quantitative estimate of drug-likeness (QED) is 0.928. The van der Waals surface area contributed by atoms with E-state index in [0.29, 0.717) is 5.92 Å². The van der Waals surface area contributed by atoms with Gasteiger partial charge in [0, 0.05) is 31.4 Å². The number of nitrogens with one attached hydrogen (secondary N) is 1. The minimum atomic E-state index is 0.154. The number of para-hydroxylation sites is 1. The van der Waals surface area contributed by atoms with E-state index in [-0.39, 0.29) is 12.1 Å². The molecular weight excluding hydrogens is 262 g/mol. The lowest BCUT2D eigenvalue weighted by Gasteiger charge is -2.28. The number of piperidine rings is 1. The first-order valence-electron chi connectivity index (χ1n) is 8.06. The van der Waals surface area contributed by atoms with E-state index in [4.69, 9.17) is 0 Å². The predicted molar refractivity (Wildman–Crippen MR) is 85.9 cm³/mol. The van der Waals surface area contributed by atoms with Gasteiger partial charge in [0.2, 0.25) is 0 Å². The molecule has 1 unspecified atom stereocenters. The number of carbonyl (C=O) groups excluding carboxylic acids is 1. The van der Waals surface area contributed by atoms with Crippen LogP contribution in [0.1, 0.15) is 38.2 Å². The van der Waals surface area contributed by atoms with Crippen LogP contribution < -0.4 is 10.2 Å². The van der Waals surface area contributed by atoms with Crippen LogP contribution >= 0.6 is 0 Å². The first-order chi connectivity index (χ1) is 10.2. The molecule has 1 aromatic rings. The number of hydrogen-bond acceptors (Lipinski definition) is 2. The second-order valence-corrected chi connectivity index (χ2v) is 6.32. The van der Waals surface area contributed by atoms with Gasteiger partial charge >= 0.3 is 6.03 Å². The second-order valence-electron chi connectivity index (χ2n) is 6.32. The third-order valence-electron chi connectivity index (χ3n) is 4.63. The molecule has 2 aliphatic rings. The van der Waals surface area contributed by atoms with Crippen molar-refractivity contribution in [2.45, 2.75) is 38.6 Å². The number of carbonyl (C=O) groups is 1. The van der Waals surface area contributed by atoms with E-state index in [1.807, 2.05) is 15.9 Å². The number of rotatable bonds is 3. The van der Waals surface area contributed by atoms with Crippen molar-refractivity contribution in [2.75, 3.05) is 31.1 Å². The topological polar surface area (TPSA) is 35.6 Å². The highest BCUT2D eigenvalue weighted by atomic mass is 16.2. The van der Waals surface area contributed by atoms with Crippen molar-refractivity contribution in [3.8, 4) is 0 Å². The molecular formula is C17H25N3O. The van der Waals surface area contributed by atoms with Crippen LogP contribution in [0.15, 0.2) is 24.3 Å². The highest BCUT2D eigenvalue weighted by Crippen LogP contribution is 2.33. The number of nitrogens with zero attached hydrogens (tertiary/aromatic N) is 2. The molecule has 2 heterocycles. The van der Waals surface area contributed by atoms with Gasteiger partial charge in [-0.3, -0.25) is 4.90 Å². The third-order valence-corrected chi connectivity index (χ3v) is 4.63. The van der Waals surface area contributed by atoms with Crippen LogP contribution in [0.2, 0.25) is 0 Å². The molecule has 1 atom stereocenters. The van der Waals surface area contributed by atoms with Crippen LogP contribution in [-0.2, 0) is 0 Å². The summed E-state index contributed by atoms with van der Waals surface area (Å²) in [7, 11) is 0. The molecule has 0 saturated carbocycles. The van der Waals surface area contributed by atoms with Crippen LogP contribution in [0.3, 0.4) is 0 Å².